The molecule has 0 saturated carbocycles. The first kappa shape index (κ1) is 7.05. The first-order chi connectivity index (χ1) is 4.58. The zero-order valence-electron chi connectivity index (χ0n) is 6.25. The molecular weight excluding hydrogens is 132 g/mol. The van der Waals surface area contributed by atoms with Crippen molar-refractivity contribution >= 4 is 11.4 Å². The molecule has 0 atom stereocenters. The molecule has 1 aliphatic heterocycles. The first-order valence-corrected chi connectivity index (χ1v) is 3.03. The van der Waals surface area contributed by atoms with Gasteiger partial charge in [-0.25, -0.2) is 0 Å². The second-order valence-electron chi connectivity index (χ2n) is 2.73. The summed E-state index contributed by atoms with van der Waals surface area (Å²) >= 11 is 0. The zero-order valence-corrected chi connectivity index (χ0v) is 6.25. The zero-order chi connectivity index (χ0) is 7.78. The number of nitrogens with zero attached hydrogens (tertiary/aromatic N) is 2. The van der Waals surface area contributed by atoms with Crippen molar-refractivity contribution in [1.82, 2.24) is 0 Å². The Labute approximate surface area is 59.2 Å². The highest BCUT2D eigenvalue weighted by molar-refractivity contribution is 6.44. The molecule has 0 spiro atoms. The second kappa shape index (κ2) is 1.97. The van der Waals surface area contributed by atoms with Crippen LogP contribution in [0.4, 0.5) is 0 Å². The molecule has 0 aromatic carbocycles. The van der Waals surface area contributed by atoms with Gasteiger partial charge in [-0.3, -0.25) is 0 Å². The van der Waals surface area contributed by atoms with Crippen LogP contribution in [0, 0.1) is 0 Å². The minimum atomic E-state index is -0.571. The molecule has 1 aliphatic rings. The van der Waals surface area contributed by atoms with Crippen molar-refractivity contribution in [3.8, 4) is 0 Å². The number of rotatable bonds is 0. The summed E-state index contributed by atoms with van der Waals surface area (Å²) in [5.41, 5.74) is 0.554. The van der Waals surface area contributed by atoms with Crippen LogP contribution in [-0.4, -0.2) is 22.2 Å². The van der Waals surface area contributed by atoms with Crippen molar-refractivity contribution in [2.24, 2.45) is 10.3 Å². The van der Waals surface area contributed by atoms with Gasteiger partial charge in [0.25, 0.3) is 0 Å². The van der Waals surface area contributed by atoms with Gasteiger partial charge in [-0.15, -0.1) is 0 Å². The molecule has 1 heterocycles. The van der Waals surface area contributed by atoms with E-state index in [9.17, 15) is 0 Å². The largest absolute Gasteiger partial charge is 0.410 e. The third-order valence-corrected chi connectivity index (χ3v) is 1.42. The van der Waals surface area contributed by atoms with Gasteiger partial charge in [-0.05, 0) is 20.8 Å². The van der Waals surface area contributed by atoms with E-state index in [-0.39, 0.29) is 0 Å². The number of hydrogen-bond donors (Lipinski definition) is 1. The lowest BCUT2D eigenvalue weighted by molar-refractivity contribution is 0.0506. The monoisotopic (exact) mass is 142 g/mol. The standard InChI is InChI=1S/C6H10N2O2/c1-4-5(7-9)6(2,3)10-8-4/h9H,1-3H3. The lowest BCUT2D eigenvalue weighted by Gasteiger charge is -2.13. The van der Waals surface area contributed by atoms with Crippen molar-refractivity contribution in [2.75, 3.05) is 0 Å². The van der Waals surface area contributed by atoms with Crippen molar-refractivity contribution < 1.29 is 10.0 Å². The summed E-state index contributed by atoms with van der Waals surface area (Å²) in [4.78, 5) is 4.95. The normalized spacial score (nSPS) is 26.3. The molecule has 4 heteroatoms. The molecule has 0 bridgehead atoms. The van der Waals surface area contributed by atoms with Crippen LogP contribution >= 0.6 is 0 Å². The summed E-state index contributed by atoms with van der Waals surface area (Å²) in [5, 5.41) is 15.2. The summed E-state index contributed by atoms with van der Waals surface area (Å²) < 4.78 is 0. The molecule has 0 aliphatic carbocycles. The second-order valence-corrected chi connectivity index (χ2v) is 2.73. The van der Waals surface area contributed by atoms with Crippen LogP contribution in [0.25, 0.3) is 0 Å². The average molecular weight is 142 g/mol. The first-order valence-electron chi connectivity index (χ1n) is 3.03. The molecular formula is C6H10N2O2. The fourth-order valence-electron chi connectivity index (χ4n) is 0.897. The van der Waals surface area contributed by atoms with Crippen LogP contribution < -0.4 is 0 Å². The van der Waals surface area contributed by atoms with Crippen molar-refractivity contribution in [3.63, 3.8) is 0 Å². The lowest BCUT2D eigenvalue weighted by Crippen LogP contribution is -2.32. The quantitative estimate of drug-likeness (QED) is 0.405. The fraction of sp³-hybridized carbons (Fsp3) is 0.667. The highest BCUT2D eigenvalue weighted by Gasteiger charge is 2.35. The van der Waals surface area contributed by atoms with E-state index < -0.39 is 5.60 Å². The molecule has 0 amide bonds. The Balaban J connectivity index is 2.95. The van der Waals surface area contributed by atoms with E-state index in [4.69, 9.17) is 10.0 Å². The predicted molar refractivity (Wildman–Crippen MR) is 37.5 cm³/mol. The van der Waals surface area contributed by atoms with Gasteiger partial charge in [0, 0.05) is 0 Å². The fourth-order valence-corrected chi connectivity index (χ4v) is 0.897. The summed E-state index contributed by atoms with van der Waals surface area (Å²) in [5.74, 6) is 0. The van der Waals surface area contributed by atoms with Gasteiger partial charge >= 0.3 is 0 Å². The van der Waals surface area contributed by atoms with Crippen LogP contribution in [0.1, 0.15) is 20.8 Å². The Bertz CT molecular complexity index is 206. The third kappa shape index (κ3) is 0.853. The maximum absolute atomic E-state index is 8.50. The van der Waals surface area contributed by atoms with Gasteiger partial charge in [0.15, 0.2) is 5.60 Å². The van der Waals surface area contributed by atoms with E-state index in [1.165, 1.54) is 0 Å². The molecule has 1 rings (SSSR count). The maximum Gasteiger partial charge on any atom is 0.179 e. The molecule has 10 heavy (non-hydrogen) atoms. The highest BCUT2D eigenvalue weighted by Crippen LogP contribution is 2.19. The van der Waals surface area contributed by atoms with E-state index in [1.54, 1.807) is 20.8 Å². The van der Waals surface area contributed by atoms with Crippen molar-refractivity contribution in [1.29, 1.82) is 0 Å². The Kier molecular flexibility index (Phi) is 1.39. The van der Waals surface area contributed by atoms with Gasteiger partial charge in [-0.1, -0.05) is 10.3 Å². The molecule has 0 fully saturated rings. The van der Waals surface area contributed by atoms with Gasteiger partial charge in [0.1, 0.15) is 11.4 Å². The summed E-state index contributed by atoms with van der Waals surface area (Å²) in [6.07, 6.45) is 0. The van der Waals surface area contributed by atoms with E-state index in [2.05, 4.69) is 10.3 Å². The number of hydrogen-bond acceptors (Lipinski definition) is 4. The molecule has 0 saturated heterocycles. The van der Waals surface area contributed by atoms with Crippen LogP contribution in [0.15, 0.2) is 10.3 Å². The van der Waals surface area contributed by atoms with Gasteiger partial charge in [0.05, 0.1) is 0 Å². The average Bonchev–Trinajstić information content (AvgIpc) is 2.07. The molecule has 56 valence electrons. The topological polar surface area (TPSA) is 54.2 Å². The smallest absolute Gasteiger partial charge is 0.179 e. The molecule has 1 N–H and O–H groups in total. The minimum Gasteiger partial charge on any atom is -0.410 e. The van der Waals surface area contributed by atoms with Crippen molar-refractivity contribution in [3.05, 3.63) is 0 Å². The molecule has 0 aromatic heterocycles. The molecule has 0 radical (unpaired) electrons. The Morgan fingerprint density at radius 2 is 2.20 bits per heavy atom. The highest BCUT2D eigenvalue weighted by atomic mass is 16.7. The molecule has 0 unspecified atom stereocenters. The molecule has 4 nitrogen and oxygen atoms in total. The van der Waals surface area contributed by atoms with Gasteiger partial charge in [-0.2, -0.15) is 0 Å². The van der Waals surface area contributed by atoms with Crippen LogP contribution in [-0.2, 0) is 4.84 Å². The van der Waals surface area contributed by atoms with E-state index in [0.717, 1.165) is 0 Å². The lowest BCUT2D eigenvalue weighted by atomic mass is 10.0. The van der Waals surface area contributed by atoms with Crippen LogP contribution in [0.5, 0.6) is 0 Å². The molecule has 0 aromatic rings. The predicted octanol–water partition coefficient (Wildman–Crippen LogP) is 1.00. The Morgan fingerprint density at radius 3 is 2.40 bits per heavy atom. The maximum atomic E-state index is 8.50. The number of oxime groups is 2. The van der Waals surface area contributed by atoms with Crippen LogP contribution in [0.3, 0.4) is 0 Å². The summed E-state index contributed by atoms with van der Waals surface area (Å²) in [7, 11) is 0. The van der Waals surface area contributed by atoms with Crippen molar-refractivity contribution in [2.45, 2.75) is 26.4 Å². The Hall–Kier alpha value is -1.06. The summed E-state index contributed by atoms with van der Waals surface area (Å²) in [6.45, 7) is 5.33. The minimum absolute atomic E-state index is 0.493. The third-order valence-electron chi connectivity index (χ3n) is 1.42. The van der Waals surface area contributed by atoms with E-state index >= 15 is 0 Å². The van der Waals surface area contributed by atoms with Gasteiger partial charge < -0.3 is 10.0 Å². The van der Waals surface area contributed by atoms with E-state index in [1.807, 2.05) is 0 Å². The summed E-state index contributed by atoms with van der Waals surface area (Å²) in [6, 6.07) is 0. The van der Waals surface area contributed by atoms with Crippen LogP contribution in [0.2, 0.25) is 0 Å². The Morgan fingerprint density at radius 1 is 1.60 bits per heavy atom. The van der Waals surface area contributed by atoms with Gasteiger partial charge in [0.2, 0.25) is 0 Å². The van der Waals surface area contributed by atoms with E-state index in [0.29, 0.717) is 11.4 Å². The SMILES string of the molecule is CC1=NOC(C)(C)C1=NO.